The molecule has 4 heteroatoms. The van der Waals surface area contributed by atoms with Crippen molar-refractivity contribution >= 4 is 16.9 Å². The number of aromatic amines is 1. The maximum absolute atomic E-state index is 10.9. The van der Waals surface area contributed by atoms with E-state index < -0.39 is 5.97 Å². The van der Waals surface area contributed by atoms with Crippen LogP contribution < -0.4 is 0 Å². The van der Waals surface area contributed by atoms with E-state index in [2.05, 4.69) is 11.1 Å². The fraction of sp³-hybridized carbons (Fsp3) is 0.0909. The summed E-state index contributed by atoms with van der Waals surface area (Å²) in [4.78, 5) is 13.7. The summed E-state index contributed by atoms with van der Waals surface area (Å²) in [6.07, 6.45) is 1.44. The molecule has 2 N–H and O–H groups in total. The Morgan fingerprint density at radius 1 is 1.53 bits per heavy atom. The Hall–Kier alpha value is -2.28. The van der Waals surface area contributed by atoms with Gasteiger partial charge in [-0.3, -0.25) is 0 Å². The highest BCUT2D eigenvalue weighted by atomic mass is 16.4. The number of hydrogen-bond acceptors (Lipinski definition) is 2. The third kappa shape index (κ3) is 1.34. The summed E-state index contributed by atoms with van der Waals surface area (Å²) in [5.74, 6) is -0.967. The molecule has 0 unspecified atom stereocenters. The number of rotatable bonds is 1. The average molecular weight is 200 g/mol. The lowest BCUT2D eigenvalue weighted by molar-refractivity contribution is 0.0699. The first-order valence-corrected chi connectivity index (χ1v) is 4.38. The molecule has 1 heterocycles. The number of carbonyl (C=O) groups is 1. The maximum Gasteiger partial charge on any atom is 0.337 e. The Balaban J connectivity index is 2.80. The molecule has 0 spiro atoms. The number of benzene rings is 1. The molecule has 0 atom stereocenters. The van der Waals surface area contributed by atoms with E-state index in [1.807, 2.05) is 0 Å². The Bertz CT molecular complexity index is 590. The second-order valence-corrected chi connectivity index (χ2v) is 3.33. The van der Waals surface area contributed by atoms with Crippen LogP contribution in [0.4, 0.5) is 0 Å². The quantitative estimate of drug-likeness (QED) is 0.739. The summed E-state index contributed by atoms with van der Waals surface area (Å²) in [6, 6.07) is 5.44. The van der Waals surface area contributed by atoms with Crippen molar-refractivity contribution in [1.29, 1.82) is 5.26 Å². The first-order valence-electron chi connectivity index (χ1n) is 4.38. The monoisotopic (exact) mass is 200 g/mol. The lowest BCUT2D eigenvalue weighted by Gasteiger charge is -1.98. The highest BCUT2D eigenvalue weighted by Crippen LogP contribution is 2.22. The van der Waals surface area contributed by atoms with E-state index in [-0.39, 0.29) is 5.56 Å². The van der Waals surface area contributed by atoms with Crippen molar-refractivity contribution in [2.75, 3.05) is 0 Å². The zero-order chi connectivity index (χ0) is 11.0. The van der Waals surface area contributed by atoms with Gasteiger partial charge in [-0.25, -0.2) is 4.79 Å². The number of aryl methyl sites for hydroxylation is 1. The number of aromatic carboxylic acids is 1. The van der Waals surface area contributed by atoms with Crippen molar-refractivity contribution in [1.82, 2.24) is 4.98 Å². The molecular weight excluding hydrogens is 192 g/mol. The lowest BCUT2D eigenvalue weighted by atomic mass is 10.1. The summed E-state index contributed by atoms with van der Waals surface area (Å²) in [6.45, 7) is 1.79. The number of nitriles is 1. The van der Waals surface area contributed by atoms with Gasteiger partial charge in [-0.05, 0) is 24.6 Å². The summed E-state index contributed by atoms with van der Waals surface area (Å²) in [5, 5.41) is 18.4. The fourth-order valence-electron chi connectivity index (χ4n) is 1.58. The number of aromatic nitrogens is 1. The van der Waals surface area contributed by atoms with Gasteiger partial charge in [-0.2, -0.15) is 5.26 Å². The van der Waals surface area contributed by atoms with Crippen LogP contribution in [-0.4, -0.2) is 16.1 Å². The minimum absolute atomic E-state index is 0.234. The normalized spacial score (nSPS) is 10.1. The van der Waals surface area contributed by atoms with Crippen LogP contribution in [0.15, 0.2) is 18.3 Å². The van der Waals surface area contributed by atoms with E-state index in [0.717, 1.165) is 5.56 Å². The first kappa shape index (κ1) is 9.28. The molecule has 74 valence electrons. The van der Waals surface area contributed by atoms with Crippen LogP contribution in [0.3, 0.4) is 0 Å². The van der Waals surface area contributed by atoms with Gasteiger partial charge in [0.1, 0.15) is 0 Å². The van der Waals surface area contributed by atoms with Crippen molar-refractivity contribution in [3.63, 3.8) is 0 Å². The lowest BCUT2D eigenvalue weighted by Crippen LogP contribution is -1.94. The molecular formula is C11H8N2O2. The van der Waals surface area contributed by atoms with E-state index in [9.17, 15) is 4.79 Å². The topological polar surface area (TPSA) is 76.9 Å². The van der Waals surface area contributed by atoms with E-state index in [0.29, 0.717) is 16.5 Å². The second kappa shape index (κ2) is 3.14. The molecule has 0 aliphatic rings. The third-order valence-electron chi connectivity index (χ3n) is 2.38. The number of nitrogens with one attached hydrogen (secondary N) is 1. The van der Waals surface area contributed by atoms with Gasteiger partial charge in [-0.15, -0.1) is 0 Å². The van der Waals surface area contributed by atoms with E-state index in [1.165, 1.54) is 6.20 Å². The highest BCUT2D eigenvalue weighted by molar-refractivity contribution is 6.03. The predicted molar refractivity (Wildman–Crippen MR) is 54.7 cm³/mol. The Morgan fingerprint density at radius 3 is 2.87 bits per heavy atom. The number of H-pyrrole nitrogens is 1. The van der Waals surface area contributed by atoms with Gasteiger partial charge in [0.15, 0.2) is 0 Å². The van der Waals surface area contributed by atoms with Crippen molar-refractivity contribution in [2.45, 2.75) is 6.92 Å². The van der Waals surface area contributed by atoms with E-state index in [4.69, 9.17) is 10.4 Å². The van der Waals surface area contributed by atoms with Crippen LogP contribution in [0, 0.1) is 18.3 Å². The van der Waals surface area contributed by atoms with Gasteiger partial charge in [0.2, 0.25) is 0 Å². The molecule has 1 aromatic heterocycles. The molecule has 0 amide bonds. The number of fused-ring (bicyclic) bond motifs is 1. The highest BCUT2D eigenvalue weighted by Gasteiger charge is 2.11. The van der Waals surface area contributed by atoms with Crippen molar-refractivity contribution in [3.05, 3.63) is 35.0 Å². The molecule has 0 saturated carbocycles. The van der Waals surface area contributed by atoms with Gasteiger partial charge < -0.3 is 10.1 Å². The minimum Gasteiger partial charge on any atom is -0.478 e. The molecule has 0 fully saturated rings. The van der Waals surface area contributed by atoms with Crippen molar-refractivity contribution in [3.8, 4) is 6.07 Å². The Labute approximate surface area is 85.8 Å². The molecule has 1 aromatic carbocycles. The summed E-state index contributed by atoms with van der Waals surface area (Å²) in [5.41, 5.74) is 2.25. The predicted octanol–water partition coefficient (Wildman–Crippen LogP) is 2.05. The molecule has 15 heavy (non-hydrogen) atoms. The number of carboxylic acid groups (broad SMARTS) is 1. The zero-order valence-corrected chi connectivity index (χ0v) is 8.03. The van der Waals surface area contributed by atoms with Gasteiger partial charge >= 0.3 is 5.97 Å². The number of carboxylic acids is 1. The number of nitrogens with zero attached hydrogens (tertiary/aromatic N) is 1. The van der Waals surface area contributed by atoms with Gasteiger partial charge in [-0.1, -0.05) is 0 Å². The standard InChI is InChI=1S/C11H8N2O2/c1-6-2-8-9(11(14)15)5-13-10(8)3-7(6)4-12/h2-3,5,13H,1H3,(H,14,15). The van der Waals surface area contributed by atoms with E-state index >= 15 is 0 Å². The molecule has 0 aliphatic carbocycles. The average Bonchev–Trinajstić information content (AvgIpc) is 2.59. The largest absolute Gasteiger partial charge is 0.478 e. The molecule has 0 aliphatic heterocycles. The molecule has 0 saturated heterocycles. The summed E-state index contributed by atoms with van der Waals surface area (Å²) >= 11 is 0. The van der Waals surface area contributed by atoms with Gasteiger partial charge in [0, 0.05) is 17.1 Å². The smallest absolute Gasteiger partial charge is 0.337 e. The molecule has 0 radical (unpaired) electrons. The van der Waals surface area contributed by atoms with Crippen LogP contribution in [0.2, 0.25) is 0 Å². The minimum atomic E-state index is -0.967. The molecule has 2 aromatic rings. The molecule has 0 bridgehead atoms. The van der Waals surface area contributed by atoms with Crippen LogP contribution in [0.5, 0.6) is 0 Å². The van der Waals surface area contributed by atoms with Crippen LogP contribution >= 0.6 is 0 Å². The van der Waals surface area contributed by atoms with Crippen molar-refractivity contribution in [2.24, 2.45) is 0 Å². The van der Waals surface area contributed by atoms with Crippen LogP contribution in [0.25, 0.3) is 10.9 Å². The molecule has 2 rings (SSSR count). The van der Waals surface area contributed by atoms with Gasteiger partial charge in [0.05, 0.1) is 17.2 Å². The Kier molecular flexibility index (Phi) is 1.94. The third-order valence-corrected chi connectivity index (χ3v) is 2.38. The molecule has 4 nitrogen and oxygen atoms in total. The first-order chi connectivity index (χ1) is 7.13. The van der Waals surface area contributed by atoms with Crippen molar-refractivity contribution < 1.29 is 9.90 Å². The zero-order valence-electron chi connectivity index (χ0n) is 8.03. The second-order valence-electron chi connectivity index (χ2n) is 3.33. The van der Waals surface area contributed by atoms with Crippen LogP contribution in [-0.2, 0) is 0 Å². The van der Waals surface area contributed by atoms with Gasteiger partial charge in [0.25, 0.3) is 0 Å². The Morgan fingerprint density at radius 2 is 2.27 bits per heavy atom. The summed E-state index contributed by atoms with van der Waals surface area (Å²) < 4.78 is 0. The van der Waals surface area contributed by atoms with E-state index in [1.54, 1.807) is 19.1 Å². The fourth-order valence-corrected chi connectivity index (χ4v) is 1.58. The maximum atomic E-state index is 10.9. The van der Waals surface area contributed by atoms with Crippen LogP contribution in [0.1, 0.15) is 21.5 Å². The summed E-state index contributed by atoms with van der Waals surface area (Å²) in [7, 11) is 0. The SMILES string of the molecule is Cc1cc2c(C(=O)O)c[nH]c2cc1C#N. The number of hydrogen-bond donors (Lipinski definition) is 2.